The van der Waals surface area contributed by atoms with Crippen molar-refractivity contribution in [2.24, 2.45) is 0 Å². The maximum atomic E-state index is 10.4. The molecular weight excluding hydrogens is 224 g/mol. The molecule has 1 aliphatic rings. The van der Waals surface area contributed by atoms with E-state index in [1.165, 1.54) is 24.1 Å². The molecule has 0 atom stereocenters. The first kappa shape index (κ1) is 11.2. The minimum atomic E-state index is 0.581. The zero-order valence-corrected chi connectivity index (χ0v) is 10.2. The van der Waals surface area contributed by atoms with Gasteiger partial charge in [-0.2, -0.15) is 5.10 Å². The van der Waals surface area contributed by atoms with Crippen LogP contribution in [0.25, 0.3) is 5.69 Å². The first-order valence-electron chi connectivity index (χ1n) is 6.45. The number of carbonyl (C=O) groups is 1. The Labute approximate surface area is 106 Å². The third-order valence-electron chi connectivity index (χ3n) is 3.37. The highest BCUT2D eigenvalue weighted by Gasteiger charge is 2.27. The topological polar surface area (TPSA) is 34.9 Å². The molecule has 1 aromatic heterocycles. The first-order valence-corrected chi connectivity index (χ1v) is 6.45. The standard InChI is InChI=1S/C15H16N2O/c18-10-2-4-12-3-1-5-14(11-12)17-15(8-9-16-17)13-6-7-13/h1,3,5,8-11,13H,2,4,6-7H2. The molecule has 2 aromatic rings. The second-order valence-corrected chi connectivity index (χ2v) is 4.82. The van der Waals surface area contributed by atoms with Gasteiger partial charge in [-0.1, -0.05) is 12.1 Å². The van der Waals surface area contributed by atoms with E-state index < -0.39 is 0 Å². The summed E-state index contributed by atoms with van der Waals surface area (Å²) in [6, 6.07) is 10.4. The number of benzene rings is 1. The summed E-state index contributed by atoms with van der Waals surface area (Å²) < 4.78 is 2.03. The van der Waals surface area contributed by atoms with Crippen molar-refractivity contribution in [3.05, 3.63) is 47.8 Å². The third kappa shape index (κ3) is 2.21. The lowest BCUT2D eigenvalue weighted by atomic mass is 10.1. The lowest BCUT2D eigenvalue weighted by molar-refractivity contribution is -0.107. The van der Waals surface area contributed by atoms with E-state index >= 15 is 0 Å². The number of rotatable bonds is 5. The van der Waals surface area contributed by atoms with E-state index in [9.17, 15) is 4.79 Å². The molecule has 0 aliphatic heterocycles. The molecular formula is C15H16N2O. The summed E-state index contributed by atoms with van der Waals surface area (Å²) in [5.41, 5.74) is 3.60. The van der Waals surface area contributed by atoms with Crippen molar-refractivity contribution >= 4 is 6.29 Å². The van der Waals surface area contributed by atoms with E-state index in [1.807, 2.05) is 16.9 Å². The van der Waals surface area contributed by atoms with Gasteiger partial charge in [-0.3, -0.25) is 0 Å². The number of aldehydes is 1. The highest BCUT2D eigenvalue weighted by molar-refractivity contribution is 5.50. The van der Waals surface area contributed by atoms with E-state index in [2.05, 4.69) is 29.4 Å². The number of nitrogens with zero attached hydrogens (tertiary/aromatic N) is 2. The SMILES string of the molecule is O=CCCc1cccc(-n2nccc2C2CC2)c1. The lowest BCUT2D eigenvalue weighted by Crippen LogP contribution is -2.01. The number of carbonyl (C=O) groups excluding carboxylic acids is 1. The van der Waals surface area contributed by atoms with Crippen molar-refractivity contribution in [2.75, 3.05) is 0 Å². The van der Waals surface area contributed by atoms with Crippen LogP contribution in [0.1, 0.15) is 36.4 Å². The largest absolute Gasteiger partial charge is 0.303 e. The predicted octanol–water partition coefficient (Wildman–Crippen LogP) is 2.88. The smallest absolute Gasteiger partial charge is 0.120 e. The van der Waals surface area contributed by atoms with Gasteiger partial charge in [0.25, 0.3) is 0 Å². The van der Waals surface area contributed by atoms with Crippen LogP contribution in [-0.4, -0.2) is 16.1 Å². The van der Waals surface area contributed by atoms with Crippen LogP contribution in [0.5, 0.6) is 0 Å². The summed E-state index contributed by atoms with van der Waals surface area (Å²) in [7, 11) is 0. The van der Waals surface area contributed by atoms with Gasteiger partial charge in [0.15, 0.2) is 0 Å². The molecule has 0 radical (unpaired) electrons. The zero-order valence-electron chi connectivity index (χ0n) is 10.2. The van der Waals surface area contributed by atoms with Crippen molar-refractivity contribution in [1.82, 2.24) is 9.78 Å². The quantitative estimate of drug-likeness (QED) is 0.753. The molecule has 1 aromatic carbocycles. The van der Waals surface area contributed by atoms with E-state index in [4.69, 9.17) is 0 Å². The number of aromatic nitrogens is 2. The highest BCUT2D eigenvalue weighted by Crippen LogP contribution is 2.40. The molecule has 0 N–H and O–H groups in total. The molecule has 0 bridgehead atoms. The molecule has 92 valence electrons. The van der Waals surface area contributed by atoms with Gasteiger partial charge < -0.3 is 4.79 Å². The fourth-order valence-corrected chi connectivity index (χ4v) is 2.29. The van der Waals surface area contributed by atoms with Crippen LogP contribution in [0.15, 0.2) is 36.5 Å². The predicted molar refractivity (Wildman–Crippen MR) is 69.9 cm³/mol. The lowest BCUT2D eigenvalue weighted by Gasteiger charge is -2.08. The molecule has 0 saturated heterocycles. The van der Waals surface area contributed by atoms with E-state index in [-0.39, 0.29) is 0 Å². The molecule has 1 saturated carbocycles. The van der Waals surface area contributed by atoms with Crippen molar-refractivity contribution in [1.29, 1.82) is 0 Å². The van der Waals surface area contributed by atoms with E-state index in [1.54, 1.807) is 0 Å². The molecule has 0 spiro atoms. The summed E-state index contributed by atoms with van der Waals surface area (Å²) in [5.74, 6) is 0.686. The van der Waals surface area contributed by atoms with Crippen LogP contribution >= 0.6 is 0 Å². The molecule has 1 fully saturated rings. The number of aryl methyl sites for hydroxylation is 1. The Kier molecular flexibility index (Phi) is 2.97. The third-order valence-corrected chi connectivity index (χ3v) is 3.37. The molecule has 3 nitrogen and oxygen atoms in total. The van der Waals surface area contributed by atoms with Crippen LogP contribution in [-0.2, 0) is 11.2 Å². The Bertz CT molecular complexity index is 555. The van der Waals surface area contributed by atoms with Crippen LogP contribution < -0.4 is 0 Å². The minimum Gasteiger partial charge on any atom is -0.303 e. The summed E-state index contributed by atoms with van der Waals surface area (Å²) in [6.07, 6.45) is 6.77. The summed E-state index contributed by atoms with van der Waals surface area (Å²) >= 11 is 0. The molecule has 1 aliphatic carbocycles. The Morgan fingerprint density at radius 1 is 1.33 bits per heavy atom. The Morgan fingerprint density at radius 3 is 3.00 bits per heavy atom. The number of hydrogen-bond acceptors (Lipinski definition) is 2. The Morgan fingerprint density at radius 2 is 2.22 bits per heavy atom. The molecule has 3 heteroatoms. The first-order chi connectivity index (χ1) is 8.88. The Hall–Kier alpha value is -1.90. The second-order valence-electron chi connectivity index (χ2n) is 4.82. The maximum Gasteiger partial charge on any atom is 0.120 e. The van der Waals surface area contributed by atoms with Gasteiger partial charge in [0, 0.05) is 24.2 Å². The van der Waals surface area contributed by atoms with Gasteiger partial charge in [0.2, 0.25) is 0 Å². The van der Waals surface area contributed by atoms with Gasteiger partial charge in [-0.15, -0.1) is 0 Å². The second kappa shape index (κ2) is 4.77. The van der Waals surface area contributed by atoms with Crippen LogP contribution in [0.3, 0.4) is 0 Å². The average molecular weight is 240 g/mol. The van der Waals surface area contributed by atoms with E-state index in [0.29, 0.717) is 12.3 Å². The summed E-state index contributed by atoms with van der Waals surface area (Å²) in [6.45, 7) is 0. The molecule has 0 amide bonds. The normalized spacial score (nSPS) is 14.7. The zero-order chi connectivity index (χ0) is 12.4. The van der Waals surface area contributed by atoms with Gasteiger partial charge >= 0.3 is 0 Å². The molecule has 3 rings (SSSR count). The Balaban J connectivity index is 1.90. The van der Waals surface area contributed by atoms with Crippen molar-refractivity contribution in [3.63, 3.8) is 0 Å². The fraction of sp³-hybridized carbons (Fsp3) is 0.333. The molecule has 0 unspecified atom stereocenters. The van der Waals surface area contributed by atoms with Gasteiger partial charge in [0.05, 0.1) is 5.69 Å². The van der Waals surface area contributed by atoms with Crippen LogP contribution in [0.4, 0.5) is 0 Å². The minimum absolute atomic E-state index is 0.581. The molecule has 18 heavy (non-hydrogen) atoms. The highest BCUT2D eigenvalue weighted by atomic mass is 16.1. The van der Waals surface area contributed by atoms with Crippen molar-refractivity contribution in [3.8, 4) is 5.69 Å². The number of hydrogen-bond donors (Lipinski definition) is 0. The monoisotopic (exact) mass is 240 g/mol. The summed E-state index contributed by atoms with van der Waals surface area (Å²) in [5, 5.41) is 4.42. The van der Waals surface area contributed by atoms with Crippen LogP contribution in [0, 0.1) is 0 Å². The van der Waals surface area contributed by atoms with Gasteiger partial charge in [-0.25, -0.2) is 4.68 Å². The van der Waals surface area contributed by atoms with Gasteiger partial charge in [-0.05, 0) is 43.0 Å². The van der Waals surface area contributed by atoms with E-state index in [0.717, 1.165) is 18.4 Å². The molecule has 1 heterocycles. The van der Waals surface area contributed by atoms with Crippen molar-refractivity contribution < 1.29 is 4.79 Å². The maximum absolute atomic E-state index is 10.4. The average Bonchev–Trinajstić information content (AvgIpc) is 3.14. The van der Waals surface area contributed by atoms with Gasteiger partial charge in [0.1, 0.15) is 6.29 Å². The van der Waals surface area contributed by atoms with Crippen molar-refractivity contribution in [2.45, 2.75) is 31.6 Å². The van der Waals surface area contributed by atoms with Crippen LogP contribution in [0.2, 0.25) is 0 Å². The fourth-order valence-electron chi connectivity index (χ4n) is 2.29. The summed E-state index contributed by atoms with van der Waals surface area (Å²) in [4.78, 5) is 10.4.